The Hall–Kier alpha value is -3.86. The van der Waals surface area contributed by atoms with Crippen LogP contribution in [0, 0.1) is 10.1 Å². The zero-order chi connectivity index (χ0) is 19.6. The fourth-order valence-electron chi connectivity index (χ4n) is 2.15. The van der Waals surface area contributed by atoms with E-state index in [1.54, 1.807) is 0 Å². The highest BCUT2D eigenvalue weighted by Gasteiger charge is 2.22. The van der Waals surface area contributed by atoms with Crippen molar-refractivity contribution in [1.82, 2.24) is 14.8 Å². The van der Waals surface area contributed by atoms with Crippen LogP contribution in [0.25, 0.3) is 11.3 Å². The smallest absolute Gasteiger partial charge is 0.342 e. The van der Waals surface area contributed by atoms with E-state index in [0.29, 0.717) is 21.0 Å². The van der Waals surface area contributed by atoms with Gasteiger partial charge in [0, 0.05) is 23.9 Å². The lowest BCUT2D eigenvalue weighted by Crippen LogP contribution is -2.20. The molecule has 2 aromatic heterocycles. The number of aromatic hydroxyl groups is 1. The Kier molecular flexibility index (Phi) is 4.77. The van der Waals surface area contributed by atoms with Crippen LogP contribution in [0.15, 0.2) is 53.0 Å². The minimum Gasteiger partial charge on any atom is -0.491 e. The van der Waals surface area contributed by atoms with Gasteiger partial charge in [-0.2, -0.15) is 5.10 Å². The summed E-state index contributed by atoms with van der Waals surface area (Å²) in [5, 5.41) is 33.1. The number of nitro groups is 1. The van der Waals surface area contributed by atoms with Crippen LogP contribution < -0.4 is 5.73 Å². The molecule has 0 fully saturated rings. The van der Waals surface area contributed by atoms with Crippen molar-refractivity contribution in [1.29, 1.82) is 0 Å². The number of azo groups is 1. The molecule has 0 aliphatic carbocycles. The molecule has 0 saturated heterocycles. The van der Waals surface area contributed by atoms with E-state index in [4.69, 9.17) is 17.3 Å². The summed E-state index contributed by atoms with van der Waals surface area (Å²) in [5.41, 5.74) is 5.60. The Balaban J connectivity index is 2.09. The van der Waals surface area contributed by atoms with E-state index in [1.807, 2.05) is 0 Å². The molecule has 2 heterocycles. The van der Waals surface area contributed by atoms with Crippen molar-refractivity contribution in [3.05, 3.63) is 57.9 Å². The van der Waals surface area contributed by atoms with E-state index >= 15 is 0 Å². The van der Waals surface area contributed by atoms with Crippen LogP contribution >= 0.6 is 11.6 Å². The number of nitrogens with zero attached hydrogens (tertiary/aromatic N) is 6. The molecule has 0 radical (unpaired) electrons. The molecular weight excluding hydrogens is 378 g/mol. The van der Waals surface area contributed by atoms with Gasteiger partial charge < -0.3 is 10.8 Å². The van der Waals surface area contributed by atoms with Crippen molar-refractivity contribution < 1.29 is 14.8 Å². The first-order valence-corrected chi connectivity index (χ1v) is 7.63. The van der Waals surface area contributed by atoms with Gasteiger partial charge in [0.1, 0.15) is 11.4 Å². The Labute approximate surface area is 155 Å². The molecule has 0 bridgehead atoms. The molecule has 0 aliphatic rings. The van der Waals surface area contributed by atoms with Gasteiger partial charge in [0.05, 0.1) is 16.1 Å². The van der Waals surface area contributed by atoms with E-state index in [1.165, 1.54) is 42.7 Å². The highest BCUT2D eigenvalue weighted by Crippen LogP contribution is 2.38. The van der Waals surface area contributed by atoms with Gasteiger partial charge in [0.15, 0.2) is 5.69 Å². The van der Waals surface area contributed by atoms with Gasteiger partial charge in [-0.1, -0.05) is 11.6 Å². The van der Waals surface area contributed by atoms with Gasteiger partial charge in [-0.15, -0.1) is 14.9 Å². The summed E-state index contributed by atoms with van der Waals surface area (Å²) >= 11 is 5.82. The second kappa shape index (κ2) is 7.17. The number of nitrogens with two attached hydrogens (primary N) is 1. The van der Waals surface area contributed by atoms with E-state index in [9.17, 15) is 20.0 Å². The second-order valence-electron chi connectivity index (χ2n) is 5.14. The number of halogens is 1. The minimum absolute atomic E-state index is 0.0555. The number of primary amides is 1. The first-order valence-electron chi connectivity index (χ1n) is 7.25. The molecule has 0 spiro atoms. The number of aromatic nitrogens is 3. The maximum atomic E-state index is 11.5. The molecule has 1 amide bonds. The highest BCUT2D eigenvalue weighted by molar-refractivity contribution is 6.30. The Morgan fingerprint density at radius 2 is 1.96 bits per heavy atom. The molecular formula is C15H10ClN7O4. The van der Waals surface area contributed by atoms with Gasteiger partial charge >= 0.3 is 6.03 Å². The number of hydrogen-bond donors (Lipinski definition) is 2. The summed E-state index contributed by atoms with van der Waals surface area (Å²) in [5.74, 6) is -0.630. The monoisotopic (exact) mass is 387 g/mol. The largest absolute Gasteiger partial charge is 0.491 e. The molecule has 27 heavy (non-hydrogen) atoms. The molecule has 0 unspecified atom stereocenters. The summed E-state index contributed by atoms with van der Waals surface area (Å²) in [4.78, 5) is 25.5. The molecule has 0 atom stereocenters. The van der Waals surface area contributed by atoms with Crippen molar-refractivity contribution in [2.45, 2.75) is 0 Å². The van der Waals surface area contributed by atoms with E-state index in [0.717, 1.165) is 0 Å². The minimum atomic E-state index is -1.04. The maximum absolute atomic E-state index is 11.5. The van der Waals surface area contributed by atoms with Gasteiger partial charge in [-0.3, -0.25) is 15.1 Å². The third-order valence-electron chi connectivity index (χ3n) is 3.35. The number of nitro benzene ring substituents is 1. The third-order valence-corrected chi connectivity index (χ3v) is 3.56. The number of carbonyl (C=O) groups excluding carboxylic acids is 1. The Morgan fingerprint density at radius 3 is 2.56 bits per heavy atom. The lowest BCUT2D eigenvalue weighted by atomic mass is 10.1. The van der Waals surface area contributed by atoms with Crippen molar-refractivity contribution >= 4 is 34.7 Å². The maximum Gasteiger partial charge on any atom is 0.342 e. The zero-order valence-corrected chi connectivity index (χ0v) is 14.1. The first-order chi connectivity index (χ1) is 12.9. The average molecular weight is 388 g/mol. The first kappa shape index (κ1) is 17.9. The lowest BCUT2D eigenvalue weighted by Gasteiger charge is -1.98. The summed E-state index contributed by atoms with van der Waals surface area (Å²) in [6, 6.07) is 5.73. The average Bonchev–Trinajstić information content (AvgIpc) is 2.97. The predicted molar refractivity (Wildman–Crippen MR) is 94.4 cm³/mol. The van der Waals surface area contributed by atoms with E-state index in [2.05, 4.69) is 20.3 Å². The standard InChI is InChI=1S/C15H10ClN7O4/c16-9-5-10(7-18-6-9)19-20-13-12(21-22(14(13)24)15(17)25)8-1-3-11(4-2-8)23(26)27/h1-7,24H,(H2,17,25)/b20-19+. The third kappa shape index (κ3) is 3.72. The van der Waals surface area contributed by atoms with Gasteiger partial charge in [-0.25, -0.2) is 4.79 Å². The number of non-ortho nitro benzene ring substituents is 1. The number of pyridine rings is 1. The Bertz CT molecular complexity index is 1060. The second-order valence-corrected chi connectivity index (χ2v) is 5.57. The number of amides is 1. The van der Waals surface area contributed by atoms with Gasteiger partial charge in [0.25, 0.3) is 5.69 Å². The predicted octanol–water partition coefficient (Wildman–Crippen LogP) is 3.55. The Morgan fingerprint density at radius 1 is 1.26 bits per heavy atom. The molecule has 12 heteroatoms. The van der Waals surface area contributed by atoms with Crippen LogP contribution in [0.3, 0.4) is 0 Å². The quantitative estimate of drug-likeness (QED) is 0.395. The molecule has 1 aromatic carbocycles. The van der Waals surface area contributed by atoms with Crippen LogP contribution in [0.4, 0.5) is 21.9 Å². The normalized spacial score (nSPS) is 11.0. The highest BCUT2D eigenvalue weighted by atomic mass is 35.5. The van der Waals surface area contributed by atoms with Crippen LogP contribution in [0.1, 0.15) is 0 Å². The van der Waals surface area contributed by atoms with Crippen LogP contribution in [-0.2, 0) is 0 Å². The van der Waals surface area contributed by atoms with Crippen molar-refractivity contribution in [2.24, 2.45) is 16.0 Å². The van der Waals surface area contributed by atoms with E-state index in [-0.39, 0.29) is 17.1 Å². The number of hydrogen-bond acceptors (Lipinski definition) is 8. The fourth-order valence-corrected chi connectivity index (χ4v) is 2.31. The molecule has 0 saturated carbocycles. The fraction of sp³-hybridized carbons (Fsp3) is 0. The topological polar surface area (TPSA) is 162 Å². The number of rotatable bonds is 4. The van der Waals surface area contributed by atoms with Crippen LogP contribution in [-0.4, -0.2) is 30.8 Å². The van der Waals surface area contributed by atoms with E-state index < -0.39 is 16.8 Å². The van der Waals surface area contributed by atoms with Crippen molar-refractivity contribution in [3.63, 3.8) is 0 Å². The van der Waals surface area contributed by atoms with Crippen LogP contribution in [0.2, 0.25) is 5.02 Å². The van der Waals surface area contributed by atoms with Gasteiger partial charge in [0.2, 0.25) is 5.88 Å². The summed E-state index contributed by atoms with van der Waals surface area (Å²) in [7, 11) is 0. The zero-order valence-electron chi connectivity index (χ0n) is 13.4. The SMILES string of the molecule is NC(=O)n1nc(-c2ccc([N+](=O)[O-])cc2)c(/N=N/c2cncc(Cl)c2)c1O. The van der Waals surface area contributed by atoms with Gasteiger partial charge in [-0.05, 0) is 18.2 Å². The summed E-state index contributed by atoms with van der Waals surface area (Å²) in [6.45, 7) is 0. The molecule has 11 nitrogen and oxygen atoms in total. The summed E-state index contributed by atoms with van der Waals surface area (Å²) < 4.78 is 0.543. The number of benzene rings is 1. The van der Waals surface area contributed by atoms with Crippen molar-refractivity contribution in [3.8, 4) is 17.1 Å². The molecule has 3 rings (SSSR count). The lowest BCUT2D eigenvalue weighted by molar-refractivity contribution is -0.384. The molecule has 136 valence electrons. The number of carbonyl (C=O) groups is 1. The molecule has 3 aromatic rings. The van der Waals surface area contributed by atoms with Crippen LogP contribution in [0.5, 0.6) is 5.88 Å². The molecule has 0 aliphatic heterocycles. The summed E-state index contributed by atoms with van der Waals surface area (Å²) in [6.07, 6.45) is 2.79. The van der Waals surface area contributed by atoms with Crippen molar-refractivity contribution in [2.75, 3.05) is 0 Å². The molecule has 3 N–H and O–H groups in total.